The number of likely N-dealkylation sites (tertiary alicyclic amines) is 1. The predicted molar refractivity (Wildman–Crippen MR) is 147 cm³/mol. The molecule has 0 N–H and O–H groups in total. The van der Waals surface area contributed by atoms with Crippen LogP contribution >= 0.6 is 0 Å². The molecule has 0 bridgehead atoms. The van der Waals surface area contributed by atoms with Crippen LogP contribution in [0.1, 0.15) is 34.5 Å². The zero-order valence-electron chi connectivity index (χ0n) is 22.5. The van der Waals surface area contributed by atoms with Crippen LogP contribution < -0.4 is 9.47 Å². The molecule has 2 fully saturated rings. The standard InChI is InChI=1S/C29H33N5O5S/c1-21-4-2-3-5-25(21)29(35)34-12-10-23(11-13-34)33-16-14-32(15-17-33)19-22-6-9-28(31-30-22)40(36,37)24-7-8-26-27(18-24)39-20-38-26/h2-9,18,23H,10-17,19-20H2,1H3. The SMILES string of the molecule is Cc1ccccc1C(=O)N1CCC(N2CCN(Cc3ccc(S(=O)(=O)c4ccc5c(c4)OCO5)nn3)CC2)CC1. The highest BCUT2D eigenvalue weighted by Gasteiger charge is 2.30. The third kappa shape index (κ3) is 5.41. The second kappa shape index (κ2) is 11.1. The smallest absolute Gasteiger partial charge is 0.254 e. The van der Waals surface area contributed by atoms with E-state index in [0.717, 1.165) is 68.9 Å². The number of fused-ring (bicyclic) bond motifs is 1. The van der Waals surface area contributed by atoms with Gasteiger partial charge in [-0.3, -0.25) is 14.6 Å². The molecular weight excluding hydrogens is 530 g/mol. The summed E-state index contributed by atoms with van der Waals surface area (Å²) in [4.78, 5) is 19.9. The number of carbonyl (C=O) groups excluding carboxylic acids is 1. The van der Waals surface area contributed by atoms with Gasteiger partial charge in [-0.1, -0.05) is 18.2 Å². The number of aryl methyl sites for hydroxylation is 1. The molecule has 0 unspecified atom stereocenters. The van der Waals surface area contributed by atoms with Crippen LogP contribution in [0, 0.1) is 6.92 Å². The van der Waals surface area contributed by atoms with E-state index in [9.17, 15) is 13.2 Å². The number of amides is 1. The number of hydrogen-bond acceptors (Lipinski definition) is 9. The maximum absolute atomic E-state index is 13.0. The van der Waals surface area contributed by atoms with Crippen LogP contribution in [-0.4, -0.2) is 91.3 Å². The van der Waals surface area contributed by atoms with Gasteiger partial charge in [0.2, 0.25) is 16.6 Å². The average molecular weight is 564 g/mol. The molecule has 1 aromatic heterocycles. The molecule has 1 amide bonds. The number of sulfone groups is 1. The summed E-state index contributed by atoms with van der Waals surface area (Å²) < 4.78 is 36.6. The maximum Gasteiger partial charge on any atom is 0.254 e. The minimum absolute atomic E-state index is 0.0797. The van der Waals surface area contributed by atoms with E-state index in [1.807, 2.05) is 36.1 Å². The van der Waals surface area contributed by atoms with Crippen molar-refractivity contribution in [2.24, 2.45) is 0 Å². The summed E-state index contributed by atoms with van der Waals surface area (Å²) >= 11 is 0. The third-order valence-corrected chi connectivity index (χ3v) is 9.70. The molecule has 0 saturated carbocycles. The highest BCUT2D eigenvalue weighted by Crippen LogP contribution is 2.35. The summed E-state index contributed by atoms with van der Waals surface area (Å²) in [6.07, 6.45) is 1.98. The molecule has 6 rings (SSSR count). The number of aromatic nitrogens is 2. The van der Waals surface area contributed by atoms with Gasteiger partial charge in [0.25, 0.3) is 5.91 Å². The van der Waals surface area contributed by atoms with E-state index in [1.165, 1.54) is 18.2 Å². The topological polar surface area (TPSA) is 105 Å². The molecule has 4 heterocycles. The molecule has 3 aliphatic rings. The Kier molecular flexibility index (Phi) is 7.43. The lowest BCUT2D eigenvalue weighted by molar-refractivity contribution is 0.0465. The first-order valence-corrected chi connectivity index (χ1v) is 15.2. The zero-order valence-corrected chi connectivity index (χ0v) is 23.3. The van der Waals surface area contributed by atoms with E-state index in [2.05, 4.69) is 20.0 Å². The summed E-state index contributed by atoms with van der Waals surface area (Å²) in [6.45, 7) is 7.99. The average Bonchev–Trinajstić information content (AvgIpc) is 3.46. The number of ether oxygens (including phenoxy) is 2. The summed E-state index contributed by atoms with van der Waals surface area (Å²) in [5.74, 6) is 1.07. The minimum atomic E-state index is -3.81. The highest BCUT2D eigenvalue weighted by molar-refractivity contribution is 7.91. The van der Waals surface area contributed by atoms with Crippen molar-refractivity contribution in [3.8, 4) is 11.5 Å². The number of piperazine rings is 1. The Morgan fingerprint density at radius 1 is 0.900 bits per heavy atom. The quantitative estimate of drug-likeness (QED) is 0.448. The second-order valence-electron chi connectivity index (χ2n) is 10.5. The molecule has 0 aliphatic carbocycles. The van der Waals surface area contributed by atoms with E-state index in [-0.39, 0.29) is 22.6 Å². The van der Waals surface area contributed by atoms with Crippen LogP contribution in [0.2, 0.25) is 0 Å². The molecule has 2 saturated heterocycles. The number of rotatable bonds is 6. The summed E-state index contributed by atoms with van der Waals surface area (Å²) in [7, 11) is -3.81. The molecule has 40 heavy (non-hydrogen) atoms. The van der Waals surface area contributed by atoms with E-state index >= 15 is 0 Å². The number of nitrogens with zero attached hydrogens (tertiary/aromatic N) is 5. The van der Waals surface area contributed by atoms with Crippen LogP contribution in [-0.2, 0) is 16.4 Å². The Balaban J connectivity index is 0.991. The van der Waals surface area contributed by atoms with Crippen molar-refractivity contribution in [2.45, 2.75) is 42.3 Å². The van der Waals surface area contributed by atoms with E-state index in [0.29, 0.717) is 24.1 Å². The lowest BCUT2D eigenvalue weighted by atomic mass is 10.0. The van der Waals surface area contributed by atoms with Gasteiger partial charge in [-0.15, -0.1) is 5.10 Å². The number of hydrogen-bond donors (Lipinski definition) is 0. The van der Waals surface area contributed by atoms with E-state index < -0.39 is 9.84 Å². The summed E-state index contributed by atoms with van der Waals surface area (Å²) in [6, 6.07) is 16.1. The van der Waals surface area contributed by atoms with Gasteiger partial charge in [-0.05, 0) is 55.7 Å². The first-order chi connectivity index (χ1) is 19.4. The molecule has 210 valence electrons. The van der Waals surface area contributed by atoms with Gasteiger partial charge < -0.3 is 14.4 Å². The van der Waals surface area contributed by atoms with Gasteiger partial charge in [0.05, 0.1) is 10.6 Å². The molecule has 11 heteroatoms. The molecular formula is C29H33N5O5S. The van der Waals surface area contributed by atoms with Gasteiger partial charge in [0.15, 0.2) is 16.5 Å². The Bertz CT molecular complexity index is 1480. The first-order valence-electron chi connectivity index (χ1n) is 13.7. The minimum Gasteiger partial charge on any atom is -0.454 e. The fourth-order valence-corrected chi connectivity index (χ4v) is 6.82. The lowest BCUT2D eigenvalue weighted by Gasteiger charge is -2.42. The molecule has 0 atom stereocenters. The monoisotopic (exact) mass is 563 g/mol. The van der Waals surface area contributed by atoms with Crippen LogP contribution in [0.15, 0.2) is 64.5 Å². The van der Waals surface area contributed by atoms with Crippen molar-refractivity contribution in [1.82, 2.24) is 24.9 Å². The van der Waals surface area contributed by atoms with Gasteiger partial charge in [0.1, 0.15) is 0 Å². The highest BCUT2D eigenvalue weighted by atomic mass is 32.2. The zero-order chi connectivity index (χ0) is 27.7. The first kappa shape index (κ1) is 26.7. The van der Waals surface area contributed by atoms with E-state index in [4.69, 9.17) is 9.47 Å². The summed E-state index contributed by atoms with van der Waals surface area (Å²) in [5, 5.41) is 8.18. The number of carbonyl (C=O) groups is 1. The maximum atomic E-state index is 13.0. The normalized spacial score (nSPS) is 18.7. The van der Waals surface area contributed by atoms with Crippen LogP contribution in [0.25, 0.3) is 0 Å². The molecule has 3 aromatic rings. The van der Waals surface area contributed by atoms with Crippen molar-refractivity contribution in [3.63, 3.8) is 0 Å². The molecule has 0 radical (unpaired) electrons. The largest absolute Gasteiger partial charge is 0.454 e. The number of benzene rings is 2. The van der Waals surface area contributed by atoms with Crippen LogP contribution in [0.5, 0.6) is 11.5 Å². The van der Waals surface area contributed by atoms with Crippen molar-refractivity contribution in [1.29, 1.82) is 0 Å². The molecule has 2 aromatic carbocycles. The third-order valence-electron chi connectivity index (χ3n) is 8.06. The Hall–Kier alpha value is -3.54. The number of piperidine rings is 1. The van der Waals surface area contributed by atoms with Gasteiger partial charge in [0, 0.05) is 63.5 Å². The van der Waals surface area contributed by atoms with Crippen LogP contribution in [0.4, 0.5) is 0 Å². The van der Waals surface area contributed by atoms with Crippen molar-refractivity contribution >= 4 is 15.7 Å². The Morgan fingerprint density at radius 2 is 1.65 bits per heavy atom. The fourth-order valence-electron chi connectivity index (χ4n) is 5.67. The van der Waals surface area contributed by atoms with Crippen molar-refractivity contribution in [3.05, 3.63) is 71.4 Å². The van der Waals surface area contributed by atoms with Crippen LogP contribution in [0.3, 0.4) is 0 Å². The fraction of sp³-hybridized carbons (Fsp3) is 0.414. The van der Waals surface area contributed by atoms with Gasteiger partial charge >= 0.3 is 0 Å². The van der Waals surface area contributed by atoms with Crippen molar-refractivity contribution in [2.75, 3.05) is 46.1 Å². The Labute approximate surface area is 234 Å². The Morgan fingerprint density at radius 3 is 2.38 bits per heavy atom. The lowest BCUT2D eigenvalue weighted by Crippen LogP contribution is -2.53. The summed E-state index contributed by atoms with van der Waals surface area (Å²) in [5.41, 5.74) is 2.56. The van der Waals surface area contributed by atoms with E-state index in [1.54, 1.807) is 12.1 Å². The molecule has 10 nitrogen and oxygen atoms in total. The van der Waals surface area contributed by atoms with Crippen molar-refractivity contribution < 1.29 is 22.7 Å². The molecule has 3 aliphatic heterocycles. The predicted octanol–water partition coefficient (Wildman–Crippen LogP) is 2.77. The van der Waals surface area contributed by atoms with Gasteiger partial charge in [-0.25, -0.2) is 8.42 Å². The second-order valence-corrected chi connectivity index (χ2v) is 12.4. The molecule has 0 spiro atoms. The van der Waals surface area contributed by atoms with Gasteiger partial charge in [-0.2, -0.15) is 5.10 Å².